The molecule has 28 heavy (non-hydrogen) atoms. The van der Waals surface area contributed by atoms with E-state index < -0.39 is 0 Å². The molecule has 0 amide bonds. The zero-order chi connectivity index (χ0) is 19.2. The predicted molar refractivity (Wildman–Crippen MR) is 127 cm³/mol. The van der Waals surface area contributed by atoms with Gasteiger partial charge in [-0.3, -0.25) is 4.99 Å². The van der Waals surface area contributed by atoms with Crippen LogP contribution in [0.25, 0.3) is 0 Å². The van der Waals surface area contributed by atoms with Gasteiger partial charge in [-0.1, -0.05) is 18.2 Å². The van der Waals surface area contributed by atoms with Crippen LogP contribution in [0.3, 0.4) is 0 Å². The van der Waals surface area contributed by atoms with Gasteiger partial charge in [0.05, 0.1) is 14.2 Å². The lowest BCUT2D eigenvalue weighted by Crippen LogP contribution is -2.43. The number of methoxy groups -OCH3 is 2. The Morgan fingerprint density at radius 3 is 2.61 bits per heavy atom. The van der Waals surface area contributed by atoms with Crippen LogP contribution in [-0.4, -0.2) is 46.4 Å². The number of anilines is 2. The molecule has 0 aliphatic carbocycles. The van der Waals surface area contributed by atoms with Crippen molar-refractivity contribution in [1.29, 1.82) is 0 Å². The van der Waals surface area contributed by atoms with Crippen molar-refractivity contribution >= 4 is 41.3 Å². The molecule has 6 nitrogen and oxygen atoms in total. The van der Waals surface area contributed by atoms with Gasteiger partial charge < -0.3 is 25.0 Å². The summed E-state index contributed by atoms with van der Waals surface area (Å²) < 4.78 is 10.6. The Bertz CT molecular complexity index is 813. The molecule has 0 fully saturated rings. The third-order valence-corrected chi connectivity index (χ3v) is 4.89. The lowest BCUT2D eigenvalue weighted by Gasteiger charge is -2.28. The number of halogens is 1. The predicted octanol–water partition coefficient (Wildman–Crippen LogP) is 3.76. The van der Waals surface area contributed by atoms with E-state index in [0.29, 0.717) is 17.5 Å². The molecule has 0 radical (unpaired) electrons. The van der Waals surface area contributed by atoms with Crippen LogP contribution in [0.5, 0.6) is 11.5 Å². The summed E-state index contributed by atoms with van der Waals surface area (Å²) in [5.41, 5.74) is 3.66. The van der Waals surface area contributed by atoms with Crippen molar-refractivity contribution < 1.29 is 9.47 Å². The summed E-state index contributed by atoms with van der Waals surface area (Å²) in [4.78, 5) is 6.78. The van der Waals surface area contributed by atoms with Crippen LogP contribution in [0.1, 0.15) is 12.5 Å². The second-order valence-electron chi connectivity index (χ2n) is 6.57. The molecule has 2 N–H and O–H groups in total. The van der Waals surface area contributed by atoms with Crippen molar-refractivity contribution in [3.05, 3.63) is 48.0 Å². The molecule has 1 unspecified atom stereocenters. The highest BCUT2D eigenvalue weighted by Gasteiger charge is 2.22. The van der Waals surface area contributed by atoms with Crippen LogP contribution in [0.2, 0.25) is 0 Å². The second kappa shape index (κ2) is 10.4. The van der Waals surface area contributed by atoms with Gasteiger partial charge in [0.25, 0.3) is 0 Å². The van der Waals surface area contributed by atoms with E-state index in [4.69, 9.17) is 9.47 Å². The van der Waals surface area contributed by atoms with Crippen molar-refractivity contribution in [2.75, 3.05) is 44.6 Å². The minimum absolute atomic E-state index is 0. The highest BCUT2D eigenvalue weighted by molar-refractivity contribution is 14.0. The Labute approximate surface area is 184 Å². The van der Waals surface area contributed by atoms with Crippen LogP contribution < -0.4 is 25.0 Å². The molecule has 7 heteroatoms. The maximum absolute atomic E-state index is 5.36. The lowest BCUT2D eigenvalue weighted by molar-refractivity contribution is 0.355. The van der Waals surface area contributed by atoms with Crippen LogP contribution in [0, 0.1) is 0 Å². The molecule has 1 aliphatic rings. The summed E-state index contributed by atoms with van der Waals surface area (Å²) in [7, 11) is 5.03. The molecule has 0 saturated carbocycles. The molecule has 152 valence electrons. The largest absolute Gasteiger partial charge is 0.493 e. The average molecular weight is 496 g/mol. The van der Waals surface area contributed by atoms with Crippen molar-refractivity contribution in [3.63, 3.8) is 0 Å². The second-order valence-corrected chi connectivity index (χ2v) is 6.57. The number of hydrogen-bond donors (Lipinski definition) is 2. The maximum atomic E-state index is 5.36. The van der Waals surface area contributed by atoms with E-state index in [-0.39, 0.29) is 24.0 Å². The Morgan fingerprint density at radius 2 is 1.89 bits per heavy atom. The molecule has 2 aromatic carbocycles. The van der Waals surface area contributed by atoms with E-state index >= 15 is 0 Å². The van der Waals surface area contributed by atoms with E-state index in [1.807, 2.05) is 18.2 Å². The van der Waals surface area contributed by atoms with Gasteiger partial charge in [-0.25, -0.2) is 0 Å². The first-order valence-electron chi connectivity index (χ1n) is 9.20. The molecule has 0 saturated heterocycles. The van der Waals surface area contributed by atoms with Gasteiger partial charge in [0.1, 0.15) is 0 Å². The van der Waals surface area contributed by atoms with Crippen molar-refractivity contribution in [3.8, 4) is 11.5 Å². The summed E-state index contributed by atoms with van der Waals surface area (Å²) in [5.74, 6) is 2.11. The number of guanidine groups is 1. The van der Waals surface area contributed by atoms with Gasteiger partial charge >= 0.3 is 0 Å². The van der Waals surface area contributed by atoms with Crippen LogP contribution in [0.4, 0.5) is 11.4 Å². The van der Waals surface area contributed by atoms with Crippen molar-refractivity contribution in [2.24, 2.45) is 4.99 Å². The first-order chi connectivity index (χ1) is 13.2. The Balaban J connectivity index is 0.00000280. The Morgan fingerprint density at radius 1 is 1.14 bits per heavy atom. The number of ether oxygens (including phenoxy) is 2. The molecule has 1 atom stereocenters. The van der Waals surface area contributed by atoms with Crippen LogP contribution in [0.15, 0.2) is 47.5 Å². The first-order valence-corrected chi connectivity index (χ1v) is 9.20. The van der Waals surface area contributed by atoms with Crippen LogP contribution in [-0.2, 0) is 6.42 Å². The minimum Gasteiger partial charge on any atom is -0.493 e. The summed E-state index contributed by atoms with van der Waals surface area (Å²) in [6.07, 6.45) is 1.11. The molecule has 0 spiro atoms. The number of para-hydroxylation sites is 1. The lowest BCUT2D eigenvalue weighted by atomic mass is 10.2. The number of fused-ring (bicyclic) bond motifs is 1. The van der Waals surface area contributed by atoms with Crippen molar-refractivity contribution in [2.45, 2.75) is 19.4 Å². The fourth-order valence-electron chi connectivity index (χ4n) is 3.41. The molecule has 1 aliphatic heterocycles. The third kappa shape index (κ3) is 5.01. The van der Waals surface area contributed by atoms with Gasteiger partial charge in [-0.2, -0.15) is 0 Å². The average Bonchev–Trinajstić information content (AvgIpc) is 3.14. The normalized spacial score (nSPS) is 14.0. The van der Waals surface area contributed by atoms with E-state index in [1.165, 1.54) is 11.3 Å². The Hall–Kier alpha value is -2.16. The number of nitrogens with zero attached hydrogens (tertiary/aromatic N) is 2. The molecule has 2 aromatic rings. The zero-order valence-electron chi connectivity index (χ0n) is 16.9. The van der Waals surface area contributed by atoms with E-state index in [1.54, 1.807) is 21.3 Å². The van der Waals surface area contributed by atoms with Gasteiger partial charge in [-0.05, 0) is 37.1 Å². The van der Waals surface area contributed by atoms with Gasteiger partial charge in [-0.15, -0.1) is 24.0 Å². The molecule has 0 bridgehead atoms. The number of aliphatic imine (C=N–C) groups is 1. The summed E-state index contributed by atoms with van der Waals surface area (Å²) in [6.45, 7) is 4.09. The number of nitrogens with one attached hydrogen (secondary N) is 2. The highest BCUT2D eigenvalue weighted by Crippen LogP contribution is 2.30. The fourth-order valence-corrected chi connectivity index (χ4v) is 3.41. The monoisotopic (exact) mass is 496 g/mol. The Kier molecular flexibility index (Phi) is 8.22. The number of hydrogen-bond acceptors (Lipinski definition) is 4. The molecule has 0 aromatic heterocycles. The van der Waals surface area contributed by atoms with E-state index in [2.05, 4.69) is 51.7 Å². The summed E-state index contributed by atoms with van der Waals surface area (Å²) in [6, 6.07) is 14.7. The number of rotatable bonds is 6. The molecule has 3 rings (SSSR count). The SMILES string of the molecule is CN=C(NCC(C)N1CCc2ccccc21)Nc1ccc(OC)c(OC)c1.I. The summed E-state index contributed by atoms with van der Waals surface area (Å²) >= 11 is 0. The van der Waals surface area contributed by atoms with E-state index in [9.17, 15) is 0 Å². The fraction of sp³-hybridized carbons (Fsp3) is 0.381. The molecular formula is C21H29IN4O2. The van der Waals surface area contributed by atoms with Gasteiger partial charge in [0.15, 0.2) is 17.5 Å². The number of benzene rings is 2. The van der Waals surface area contributed by atoms with Crippen molar-refractivity contribution in [1.82, 2.24) is 5.32 Å². The quantitative estimate of drug-likeness (QED) is 0.363. The maximum Gasteiger partial charge on any atom is 0.195 e. The topological polar surface area (TPSA) is 58.1 Å². The standard InChI is InChI=1S/C21H28N4O2.HI/c1-15(25-12-11-16-7-5-6-8-18(16)25)14-23-21(22-2)24-17-9-10-19(26-3)20(13-17)27-4;/h5-10,13,15H,11-12,14H2,1-4H3,(H2,22,23,24);1H. The highest BCUT2D eigenvalue weighted by atomic mass is 127. The first kappa shape index (κ1) is 22.1. The smallest absolute Gasteiger partial charge is 0.195 e. The molecular weight excluding hydrogens is 467 g/mol. The molecule has 1 heterocycles. The van der Waals surface area contributed by atoms with Gasteiger partial charge in [0, 0.05) is 43.6 Å². The summed E-state index contributed by atoms with van der Waals surface area (Å²) in [5, 5.41) is 6.72. The van der Waals surface area contributed by atoms with Crippen LogP contribution >= 0.6 is 24.0 Å². The van der Waals surface area contributed by atoms with E-state index in [0.717, 1.165) is 31.2 Å². The minimum atomic E-state index is 0. The van der Waals surface area contributed by atoms with Gasteiger partial charge in [0.2, 0.25) is 0 Å². The zero-order valence-corrected chi connectivity index (χ0v) is 19.2. The third-order valence-electron chi connectivity index (χ3n) is 4.89.